The van der Waals surface area contributed by atoms with Crippen molar-refractivity contribution in [3.05, 3.63) is 88.7 Å². The Balaban J connectivity index is 1.53. The fraction of sp³-hybridized carbons (Fsp3) is 0.405. The highest BCUT2D eigenvalue weighted by molar-refractivity contribution is 6.03. The molecule has 272 valence electrons. The molecule has 0 radical (unpaired) electrons. The summed E-state index contributed by atoms with van der Waals surface area (Å²) < 4.78 is 32.0. The van der Waals surface area contributed by atoms with Crippen LogP contribution < -0.4 is 35.6 Å². The number of ether oxygens (including phenoxy) is 3. The molecule has 2 heterocycles. The third-order valence-corrected chi connectivity index (χ3v) is 8.79. The van der Waals surface area contributed by atoms with Gasteiger partial charge in [-0.1, -0.05) is 12.1 Å². The summed E-state index contributed by atoms with van der Waals surface area (Å²) >= 11 is 0. The number of rotatable bonds is 12. The first-order valence-corrected chi connectivity index (χ1v) is 16.8. The number of carbonyl (C=O) groups excluding carboxylic acids is 2. The van der Waals surface area contributed by atoms with Gasteiger partial charge in [-0.25, -0.2) is 18.8 Å². The summed E-state index contributed by atoms with van der Waals surface area (Å²) in [7, 11) is 3.01. The highest BCUT2D eigenvalue weighted by Crippen LogP contribution is 2.37. The molecule has 1 aromatic heterocycles. The first-order valence-electron chi connectivity index (χ1n) is 16.8. The van der Waals surface area contributed by atoms with Crippen LogP contribution in [0.5, 0.6) is 11.5 Å². The Bertz CT molecular complexity index is 1910. The third kappa shape index (κ3) is 8.24. The largest absolute Gasteiger partial charge is 0.497 e. The van der Waals surface area contributed by atoms with E-state index in [1.165, 1.54) is 48.1 Å². The van der Waals surface area contributed by atoms with Crippen molar-refractivity contribution in [3.8, 4) is 11.5 Å². The molecule has 4 aromatic rings. The minimum absolute atomic E-state index is 0.0214. The number of hydrogen-bond donors (Lipinski definition) is 2. The van der Waals surface area contributed by atoms with Gasteiger partial charge in [-0.2, -0.15) is 0 Å². The van der Waals surface area contributed by atoms with Crippen molar-refractivity contribution in [2.24, 2.45) is 0 Å². The van der Waals surface area contributed by atoms with E-state index in [1.807, 2.05) is 32.7 Å². The first-order chi connectivity index (χ1) is 24.3. The summed E-state index contributed by atoms with van der Waals surface area (Å²) in [5.41, 5.74) is 0.0328. The van der Waals surface area contributed by atoms with Crippen molar-refractivity contribution >= 4 is 34.2 Å². The summed E-state index contributed by atoms with van der Waals surface area (Å²) in [6.07, 6.45) is 0.0214. The van der Waals surface area contributed by atoms with Gasteiger partial charge in [0.15, 0.2) is 5.82 Å². The number of amides is 3. The van der Waals surface area contributed by atoms with Gasteiger partial charge in [-0.15, -0.1) is 0 Å². The van der Waals surface area contributed by atoms with Crippen LogP contribution in [-0.4, -0.2) is 85.3 Å². The second kappa shape index (κ2) is 15.8. The van der Waals surface area contributed by atoms with Crippen molar-refractivity contribution in [2.45, 2.75) is 52.3 Å². The quantitative estimate of drug-likeness (QED) is 0.198. The fourth-order valence-corrected chi connectivity index (χ4v) is 5.95. The molecule has 1 atom stereocenters. The van der Waals surface area contributed by atoms with Crippen LogP contribution in [0.25, 0.3) is 10.9 Å². The number of benzene rings is 3. The van der Waals surface area contributed by atoms with Crippen molar-refractivity contribution in [3.63, 3.8) is 0 Å². The van der Waals surface area contributed by atoms with E-state index in [9.17, 15) is 18.8 Å². The highest BCUT2D eigenvalue weighted by Gasteiger charge is 2.36. The second-order valence-electron chi connectivity index (χ2n) is 13.0. The SMILES string of the molecule is COc1ccc(N(C(=O)Nc2ccc(F)cc2)C(C)c2nc3ccccc3c(=O)n2N2CCN(C(=O)C(C)(C)NCOC(C)C)CC2)c(OC)c1. The van der Waals surface area contributed by atoms with Crippen molar-refractivity contribution in [2.75, 3.05) is 62.4 Å². The lowest BCUT2D eigenvalue weighted by atomic mass is 10.0. The van der Waals surface area contributed by atoms with Gasteiger partial charge in [0.25, 0.3) is 5.56 Å². The number of methoxy groups -OCH3 is 2. The molecule has 1 fully saturated rings. The number of urea groups is 1. The van der Waals surface area contributed by atoms with Gasteiger partial charge in [0, 0.05) is 24.8 Å². The number of nitrogens with zero attached hydrogens (tertiary/aromatic N) is 5. The zero-order chi connectivity index (χ0) is 36.9. The normalized spacial score (nSPS) is 14.1. The molecule has 0 aliphatic carbocycles. The maximum atomic E-state index is 14.3. The number of hydrogen-bond acceptors (Lipinski definition) is 9. The van der Waals surface area contributed by atoms with Crippen LogP contribution in [0.4, 0.5) is 20.6 Å². The molecule has 3 aromatic carbocycles. The van der Waals surface area contributed by atoms with Gasteiger partial charge in [0.1, 0.15) is 17.3 Å². The molecule has 13 nitrogen and oxygen atoms in total. The Morgan fingerprint density at radius 3 is 2.29 bits per heavy atom. The molecule has 51 heavy (non-hydrogen) atoms. The monoisotopic (exact) mass is 703 g/mol. The lowest BCUT2D eigenvalue weighted by molar-refractivity contribution is -0.138. The number of anilines is 2. The summed E-state index contributed by atoms with van der Waals surface area (Å²) in [6, 6.07) is 16.1. The van der Waals surface area contributed by atoms with Crippen LogP contribution in [0.15, 0.2) is 71.5 Å². The predicted octanol–water partition coefficient (Wildman–Crippen LogP) is 4.88. The van der Waals surface area contributed by atoms with Crippen LogP contribution in [0, 0.1) is 5.82 Å². The molecular formula is C37H46FN7O6. The topological polar surface area (TPSA) is 130 Å². The smallest absolute Gasteiger partial charge is 0.327 e. The first kappa shape index (κ1) is 37.1. The van der Waals surface area contributed by atoms with Gasteiger partial charge in [0.2, 0.25) is 5.91 Å². The molecule has 3 amide bonds. The van der Waals surface area contributed by atoms with Gasteiger partial charge >= 0.3 is 6.03 Å². The van der Waals surface area contributed by atoms with Crippen molar-refractivity contribution in [1.82, 2.24) is 19.9 Å². The Hall–Kier alpha value is -5.21. The zero-order valence-corrected chi connectivity index (χ0v) is 30.1. The molecular weight excluding hydrogens is 657 g/mol. The molecule has 1 aliphatic heterocycles. The van der Waals surface area contributed by atoms with Gasteiger partial charge in [0.05, 0.1) is 68.3 Å². The minimum atomic E-state index is -0.867. The Morgan fingerprint density at radius 1 is 0.961 bits per heavy atom. The van der Waals surface area contributed by atoms with Crippen molar-refractivity contribution < 1.29 is 28.2 Å². The molecule has 1 unspecified atom stereocenters. The van der Waals surface area contributed by atoms with Crippen LogP contribution in [0.3, 0.4) is 0 Å². The molecule has 1 aliphatic rings. The van der Waals surface area contributed by atoms with E-state index in [4.69, 9.17) is 19.2 Å². The van der Waals surface area contributed by atoms with Crippen LogP contribution in [-0.2, 0) is 9.53 Å². The third-order valence-electron chi connectivity index (χ3n) is 8.79. The van der Waals surface area contributed by atoms with E-state index >= 15 is 0 Å². The summed E-state index contributed by atoms with van der Waals surface area (Å²) in [5.74, 6) is 0.621. The highest BCUT2D eigenvalue weighted by atomic mass is 19.1. The van der Waals surface area contributed by atoms with Crippen LogP contribution in [0.1, 0.15) is 46.5 Å². The number of aromatic nitrogens is 2. The van der Waals surface area contributed by atoms with E-state index < -0.39 is 23.4 Å². The molecule has 0 bridgehead atoms. The molecule has 2 N–H and O–H groups in total. The standard InChI is InChI=1S/C37H46FN7O6/c1-24(2)51-23-39-37(4,5)35(47)42-18-20-43(21-19-42)45-33(41-30-11-9-8-10-29(30)34(45)46)25(3)44(31-17-16-28(49-6)22-32(31)50-7)36(48)40-27-14-12-26(38)13-15-27/h8-17,22,24-25,39H,18-21,23H2,1-7H3,(H,40,48). The van der Waals surface area contributed by atoms with Gasteiger partial charge in [-0.3, -0.25) is 19.8 Å². The minimum Gasteiger partial charge on any atom is -0.497 e. The number of halogens is 1. The second-order valence-corrected chi connectivity index (χ2v) is 13.0. The van der Waals surface area contributed by atoms with Crippen molar-refractivity contribution in [1.29, 1.82) is 0 Å². The zero-order valence-electron chi connectivity index (χ0n) is 30.1. The molecule has 1 saturated heterocycles. The maximum Gasteiger partial charge on any atom is 0.327 e. The number of nitrogens with one attached hydrogen (secondary N) is 2. The summed E-state index contributed by atoms with van der Waals surface area (Å²) in [6.45, 7) is 10.9. The molecule has 0 saturated carbocycles. The fourth-order valence-electron chi connectivity index (χ4n) is 5.95. The van der Waals surface area contributed by atoms with Crippen LogP contribution in [0.2, 0.25) is 0 Å². The van der Waals surface area contributed by atoms with Gasteiger partial charge < -0.3 is 29.4 Å². The molecule has 14 heteroatoms. The van der Waals surface area contributed by atoms with Gasteiger partial charge in [-0.05, 0) is 83.1 Å². The lowest BCUT2D eigenvalue weighted by Gasteiger charge is -2.41. The number of fused-ring (bicyclic) bond motifs is 1. The Morgan fingerprint density at radius 2 is 1.65 bits per heavy atom. The molecule has 0 spiro atoms. The van der Waals surface area contributed by atoms with E-state index in [2.05, 4.69) is 10.6 Å². The average molecular weight is 704 g/mol. The Kier molecular flexibility index (Phi) is 11.5. The predicted molar refractivity (Wildman–Crippen MR) is 195 cm³/mol. The number of para-hydroxylation sites is 1. The van der Waals surface area contributed by atoms with E-state index in [1.54, 1.807) is 54.3 Å². The van der Waals surface area contributed by atoms with E-state index in [-0.39, 0.29) is 24.3 Å². The van der Waals surface area contributed by atoms with E-state index in [0.29, 0.717) is 65.8 Å². The average Bonchev–Trinajstić information content (AvgIpc) is 3.12. The molecule has 5 rings (SSSR count). The number of carbonyl (C=O) groups is 2. The van der Waals surface area contributed by atoms with Crippen LogP contribution >= 0.6 is 0 Å². The number of piperazine rings is 1. The van der Waals surface area contributed by atoms with E-state index in [0.717, 1.165) is 0 Å². The summed E-state index contributed by atoms with van der Waals surface area (Å²) in [5, 5.41) is 8.31. The maximum absolute atomic E-state index is 14.3. The summed E-state index contributed by atoms with van der Waals surface area (Å²) in [4.78, 5) is 50.3. The lowest BCUT2D eigenvalue weighted by Crippen LogP contribution is -2.61. The Labute approximate surface area is 296 Å².